The second-order valence-corrected chi connectivity index (χ2v) is 7.41. The van der Waals surface area contributed by atoms with E-state index < -0.39 is 0 Å². The molecule has 1 amide bonds. The first-order chi connectivity index (χ1) is 11.9. The monoisotopic (exact) mass is 340 g/mol. The molecule has 0 aliphatic carbocycles. The molecule has 0 spiro atoms. The molecule has 0 bridgehead atoms. The standard InChI is InChI=1S/C20H28N4O/c1-14-12-24(13-15(14)2)9-8-17-6-5-7-18(11-17)21-20(25)19-10-16(3)23(4)22-19/h5-7,10-11,14-15H,8-9,12-13H2,1-4H3,(H,21,25)/t14-,15-/m1/s1. The third kappa shape index (κ3) is 4.28. The van der Waals surface area contributed by atoms with E-state index in [2.05, 4.69) is 41.3 Å². The van der Waals surface area contributed by atoms with Crippen LogP contribution in [0.15, 0.2) is 30.3 Å². The molecule has 3 rings (SSSR count). The van der Waals surface area contributed by atoms with Gasteiger partial charge in [-0.1, -0.05) is 26.0 Å². The van der Waals surface area contributed by atoms with Crippen LogP contribution in [0.4, 0.5) is 5.69 Å². The van der Waals surface area contributed by atoms with Gasteiger partial charge in [0.2, 0.25) is 0 Å². The molecule has 2 heterocycles. The van der Waals surface area contributed by atoms with Crippen LogP contribution >= 0.6 is 0 Å². The van der Waals surface area contributed by atoms with Crippen LogP contribution in [-0.4, -0.2) is 40.2 Å². The Kier molecular flexibility index (Phi) is 5.23. The molecule has 1 N–H and O–H groups in total. The van der Waals surface area contributed by atoms with Gasteiger partial charge >= 0.3 is 0 Å². The van der Waals surface area contributed by atoms with Crippen molar-refractivity contribution in [2.75, 3.05) is 25.0 Å². The normalized spacial score (nSPS) is 20.8. The highest BCUT2D eigenvalue weighted by Gasteiger charge is 2.25. The molecule has 2 aromatic rings. The van der Waals surface area contributed by atoms with Crippen molar-refractivity contribution < 1.29 is 4.79 Å². The summed E-state index contributed by atoms with van der Waals surface area (Å²) in [7, 11) is 1.84. The third-order valence-corrected chi connectivity index (χ3v) is 5.31. The fraction of sp³-hybridized carbons (Fsp3) is 0.500. The summed E-state index contributed by atoms with van der Waals surface area (Å²) in [5.41, 5.74) is 3.49. The molecule has 2 atom stereocenters. The Labute approximate surface area is 150 Å². The zero-order valence-corrected chi connectivity index (χ0v) is 15.6. The number of hydrogen-bond donors (Lipinski definition) is 1. The average Bonchev–Trinajstić information content (AvgIpc) is 3.08. The lowest BCUT2D eigenvalue weighted by Crippen LogP contribution is -2.23. The summed E-state index contributed by atoms with van der Waals surface area (Å²) in [6.07, 6.45) is 1.01. The highest BCUT2D eigenvalue weighted by molar-refractivity contribution is 6.02. The summed E-state index contributed by atoms with van der Waals surface area (Å²) in [5, 5.41) is 7.18. The van der Waals surface area contributed by atoms with Gasteiger partial charge < -0.3 is 10.2 Å². The molecule has 0 unspecified atom stereocenters. The van der Waals surface area contributed by atoms with E-state index in [4.69, 9.17) is 0 Å². The molecule has 0 saturated carbocycles. The van der Waals surface area contributed by atoms with Gasteiger partial charge in [0.1, 0.15) is 0 Å². The van der Waals surface area contributed by atoms with Crippen molar-refractivity contribution >= 4 is 11.6 Å². The lowest BCUT2D eigenvalue weighted by molar-refractivity contribution is 0.102. The van der Waals surface area contributed by atoms with Gasteiger partial charge in [-0.05, 0) is 48.9 Å². The van der Waals surface area contributed by atoms with Crippen molar-refractivity contribution in [3.63, 3.8) is 0 Å². The van der Waals surface area contributed by atoms with Crippen molar-refractivity contribution in [2.24, 2.45) is 18.9 Å². The smallest absolute Gasteiger partial charge is 0.276 e. The van der Waals surface area contributed by atoms with Crippen LogP contribution in [0.2, 0.25) is 0 Å². The molecule has 1 aromatic carbocycles. The number of aromatic nitrogens is 2. The number of rotatable bonds is 5. The van der Waals surface area contributed by atoms with Gasteiger partial charge in [-0.25, -0.2) is 0 Å². The quantitative estimate of drug-likeness (QED) is 0.910. The Bertz CT molecular complexity index is 722. The second-order valence-electron chi connectivity index (χ2n) is 7.41. The Morgan fingerprint density at radius 2 is 1.96 bits per heavy atom. The van der Waals surface area contributed by atoms with Crippen molar-refractivity contribution in [3.8, 4) is 0 Å². The fourth-order valence-electron chi connectivity index (χ4n) is 3.39. The number of carbonyl (C=O) groups is 1. The summed E-state index contributed by atoms with van der Waals surface area (Å²) in [6.45, 7) is 10.1. The topological polar surface area (TPSA) is 50.2 Å². The van der Waals surface area contributed by atoms with Gasteiger partial charge in [0.25, 0.3) is 5.91 Å². The molecule has 25 heavy (non-hydrogen) atoms. The number of carbonyl (C=O) groups excluding carboxylic acids is 1. The lowest BCUT2D eigenvalue weighted by Gasteiger charge is -2.15. The summed E-state index contributed by atoms with van der Waals surface area (Å²) >= 11 is 0. The third-order valence-electron chi connectivity index (χ3n) is 5.31. The summed E-state index contributed by atoms with van der Waals surface area (Å²) in [5.74, 6) is 1.41. The minimum atomic E-state index is -0.164. The zero-order chi connectivity index (χ0) is 18.0. The highest BCUT2D eigenvalue weighted by Crippen LogP contribution is 2.22. The molecule has 1 aliphatic heterocycles. The largest absolute Gasteiger partial charge is 0.321 e. The van der Waals surface area contributed by atoms with Crippen molar-refractivity contribution in [2.45, 2.75) is 27.2 Å². The molecule has 0 radical (unpaired) electrons. The second kappa shape index (κ2) is 7.40. The molecule has 5 nitrogen and oxygen atoms in total. The molecule has 134 valence electrons. The molecular formula is C20H28N4O. The lowest BCUT2D eigenvalue weighted by atomic mass is 10.0. The van der Waals surface area contributed by atoms with E-state index >= 15 is 0 Å². The average molecular weight is 340 g/mol. The first-order valence-electron chi connectivity index (χ1n) is 9.05. The highest BCUT2D eigenvalue weighted by atomic mass is 16.1. The van der Waals surface area contributed by atoms with Crippen LogP contribution in [0.5, 0.6) is 0 Å². The predicted molar refractivity (Wildman–Crippen MR) is 101 cm³/mol. The minimum Gasteiger partial charge on any atom is -0.321 e. The van der Waals surface area contributed by atoms with Crippen LogP contribution < -0.4 is 5.32 Å². The van der Waals surface area contributed by atoms with E-state index in [-0.39, 0.29) is 5.91 Å². The summed E-state index contributed by atoms with van der Waals surface area (Å²) < 4.78 is 1.71. The van der Waals surface area contributed by atoms with E-state index in [1.165, 1.54) is 18.7 Å². The van der Waals surface area contributed by atoms with Gasteiger partial charge in [-0.2, -0.15) is 5.10 Å². The Morgan fingerprint density at radius 3 is 2.60 bits per heavy atom. The van der Waals surface area contributed by atoms with Gasteiger partial charge in [-0.15, -0.1) is 0 Å². The number of benzene rings is 1. The number of nitrogens with one attached hydrogen (secondary N) is 1. The van der Waals surface area contributed by atoms with Crippen molar-refractivity contribution in [1.29, 1.82) is 0 Å². The van der Waals surface area contributed by atoms with Gasteiger partial charge in [0.15, 0.2) is 5.69 Å². The predicted octanol–water partition coefficient (Wildman–Crippen LogP) is 3.11. The molecule has 1 fully saturated rings. The SMILES string of the molecule is Cc1cc(C(=O)Nc2cccc(CCN3C[C@@H](C)[C@H](C)C3)c2)nn1C. The number of likely N-dealkylation sites (tertiary alicyclic amines) is 1. The van der Waals surface area contributed by atoms with Crippen LogP contribution in [0.25, 0.3) is 0 Å². The van der Waals surface area contributed by atoms with Crippen molar-refractivity contribution in [1.82, 2.24) is 14.7 Å². The van der Waals surface area contributed by atoms with Crippen molar-refractivity contribution in [3.05, 3.63) is 47.3 Å². The first-order valence-corrected chi connectivity index (χ1v) is 9.05. The number of anilines is 1. The Hall–Kier alpha value is -2.14. The molecule has 5 heteroatoms. The van der Waals surface area contributed by atoms with Crippen LogP contribution in [-0.2, 0) is 13.5 Å². The summed E-state index contributed by atoms with van der Waals surface area (Å²) in [6, 6.07) is 9.93. The van der Waals surface area contributed by atoms with E-state index in [1.54, 1.807) is 10.7 Å². The first kappa shape index (κ1) is 17.7. The van der Waals surface area contributed by atoms with Gasteiger partial charge in [0, 0.05) is 38.1 Å². The molecular weight excluding hydrogens is 312 g/mol. The summed E-state index contributed by atoms with van der Waals surface area (Å²) in [4.78, 5) is 14.9. The van der Waals surface area contributed by atoms with Crippen LogP contribution in [0, 0.1) is 18.8 Å². The zero-order valence-electron chi connectivity index (χ0n) is 15.6. The minimum absolute atomic E-state index is 0.164. The van der Waals surface area contributed by atoms with Crippen LogP contribution in [0.3, 0.4) is 0 Å². The van der Waals surface area contributed by atoms with E-state index in [1.807, 2.05) is 26.1 Å². The maximum absolute atomic E-state index is 12.3. The maximum atomic E-state index is 12.3. The maximum Gasteiger partial charge on any atom is 0.276 e. The van der Waals surface area contributed by atoms with Gasteiger partial charge in [-0.3, -0.25) is 9.48 Å². The number of hydrogen-bond acceptors (Lipinski definition) is 3. The van der Waals surface area contributed by atoms with Gasteiger partial charge in [0.05, 0.1) is 0 Å². The van der Waals surface area contributed by atoms with E-state index in [0.717, 1.165) is 36.2 Å². The molecule has 1 aliphatic rings. The van der Waals surface area contributed by atoms with Crippen LogP contribution in [0.1, 0.15) is 35.6 Å². The van der Waals surface area contributed by atoms with E-state index in [0.29, 0.717) is 5.69 Å². The number of nitrogens with zero attached hydrogens (tertiary/aromatic N) is 3. The Balaban J connectivity index is 1.58. The Morgan fingerprint density at radius 1 is 1.24 bits per heavy atom. The number of amides is 1. The molecule has 1 saturated heterocycles. The number of aryl methyl sites for hydroxylation is 2. The molecule has 1 aromatic heterocycles. The van der Waals surface area contributed by atoms with E-state index in [9.17, 15) is 4.79 Å². The fourth-order valence-corrected chi connectivity index (χ4v) is 3.39.